The highest BCUT2D eigenvalue weighted by molar-refractivity contribution is 6.36. The molecule has 0 bridgehead atoms. The van der Waals surface area contributed by atoms with Gasteiger partial charge in [-0.15, -0.1) is 0 Å². The van der Waals surface area contributed by atoms with Crippen molar-refractivity contribution in [2.75, 3.05) is 6.61 Å². The summed E-state index contributed by atoms with van der Waals surface area (Å²) in [4.78, 5) is 12.1. The number of nitrogens with zero attached hydrogens (tertiary/aromatic N) is 2. The minimum atomic E-state index is -4.36. The largest absolute Gasteiger partial charge is 0.461 e. The second kappa shape index (κ2) is 10.1. The van der Waals surface area contributed by atoms with Crippen LogP contribution in [0.3, 0.4) is 0 Å². The van der Waals surface area contributed by atoms with Gasteiger partial charge in [0.25, 0.3) is 0 Å². The lowest BCUT2D eigenvalue weighted by molar-refractivity contribution is -0.154. The first-order chi connectivity index (χ1) is 14.8. The van der Waals surface area contributed by atoms with E-state index in [0.717, 1.165) is 0 Å². The van der Waals surface area contributed by atoms with Crippen molar-refractivity contribution in [2.24, 2.45) is 5.41 Å². The third-order valence-corrected chi connectivity index (χ3v) is 4.90. The van der Waals surface area contributed by atoms with Crippen LogP contribution >= 0.6 is 11.6 Å². The van der Waals surface area contributed by atoms with E-state index in [1.54, 1.807) is 13.8 Å². The number of esters is 1. The van der Waals surface area contributed by atoms with E-state index < -0.39 is 30.6 Å². The summed E-state index contributed by atoms with van der Waals surface area (Å²) in [5.74, 6) is -1.06. The molecule has 1 heterocycles. The number of hydrogen-bond donors (Lipinski definition) is 0. The van der Waals surface area contributed by atoms with E-state index in [1.807, 2.05) is 0 Å². The number of ether oxygens (including phenoxy) is 2. The quantitative estimate of drug-likeness (QED) is 0.301. The molecule has 0 N–H and O–H groups in total. The highest BCUT2D eigenvalue weighted by Gasteiger charge is 2.36. The van der Waals surface area contributed by atoms with Gasteiger partial charge in [-0.1, -0.05) is 31.5 Å². The fourth-order valence-electron chi connectivity index (χ4n) is 3.48. The number of aromatic nitrogens is 2. The minimum absolute atomic E-state index is 0.0266. The van der Waals surface area contributed by atoms with Crippen LogP contribution in [0.5, 0.6) is 5.75 Å². The number of aryl methyl sites for hydroxylation is 1. The zero-order valence-electron chi connectivity index (χ0n) is 18.0. The molecule has 0 saturated carbocycles. The fraction of sp³-hybridized carbons (Fsp3) is 0.524. The first kappa shape index (κ1) is 25.9. The molecule has 0 atom stereocenters. The Morgan fingerprint density at radius 1 is 1.22 bits per heavy atom. The molecule has 11 heteroatoms. The van der Waals surface area contributed by atoms with Gasteiger partial charge in [-0.2, -0.15) is 27.1 Å². The van der Waals surface area contributed by atoms with Crippen molar-refractivity contribution in [3.8, 4) is 17.0 Å². The van der Waals surface area contributed by atoms with Crippen LogP contribution in [0, 0.1) is 5.41 Å². The van der Waals surface area contributed by atoms with Gasteiger partial charge < -0.3 is 9.47 Å². The molecule has 0 aliphatic rings. The molecule has 1 aromatic carbocycles. The Hall–Kier alpha value is -2.36. The molecule has 0 fully saturated rings. The van der Waals surface area contributed by atoms with Gasteiger partial charge in [0.2, 0.25) is 0 Å². The van der Waals surface area contributed by atoms with Crippen LogP contribution in [0.15, 0.2) is 18.2 Å². The van der Waals surface area contributed by atoms with E-state index in [0.29, 0.717) is 5.56 Å². The predicted octanol–water partition coefficient (Wildman–Crippen LogP) is 6.52. The number of hydrogen-bond acceptors (Lipinski definition) is 4. The van der Waals surface area contributed by atoms with Gasteiger partial charge in [0, 0.05) is 18.5 Å². The number of carbonyl (C=O) groups excluding carboxylic acids is 1. The molecule has 0 radical (unpaired) electrons. The molecular formula is C21H24ClF5N2O3. The summed E-state index contributed by atoms with van der Waals surface area (Å²) in [7, 11) is 0. The lowest BCUT2D eigenvalue weighted by atomic mass is 9.82. The van der Waals surface area contributed by atoms with Crippen molar-refractivity contribution in [3.63, 3.8) is 0 Å². The molecule has 0 saturated heterocycles. The van der Waals surface area contributed by atoms with Crippen molar-refractivity contribution in [3.05, 3.63) is 34.5 Å². The minimum Gasteiger partial charge on any atom is -0.461 e. The van der Waals surface area contributed by atoms with Crippen LogP contribution in [0.4, 0.5) is 22.0 Å². The lowest BCUT2D eigenvalue weighted by Gasteiger charge is -2.26. The Bertz CT molecular complexity index is 958. The molecule has 0 spiro atoms. The summed E-state index contributed by atoms with van der Waals surface area (Å²) in [6, 6.07) is 4.19. The number of carbonyl (C=O) groups is 1. The number of halogens is 6. The molecule has 0 unspecified atom stereocenters. The van der Waals surface area contributed by atoms with Gasteiger partial charge in [-0.05, 0) is 43.4 Å². The molecule has 2 aromatic rings. The van der Waals surface area contributed by atoms with Gasteiger partial charge in [-0.25, -0.2) is 4.79 Å². The first-order valence-electron chi connectivity index (χ1n) is 9.86. The van der Waals surface area contributed by atoms with E-state index in [1.165, 1.54) is 36.7 Å². The predicted molar refractivity (Wildman–Crippen MR) is 109 cm³/mol. The number of alkyl halides is 5. The standard InChI is InChI=1S/C21H24ClF5N2O3/c1-5-29-17(15(22)16(28-29)18(30)31-6-2)13-8-7-12(9-14(13)32-19(23)24)10-20(3,4)11-21(25,26)27/h7-9,19H,5-6,10-11H2,1-4H3. The van der Waals surface area contributed by atoms with E-state index in [4.69, 9.17) is 16.3 Å². The van der Waals surface area contributed by atoms with Gasteiger partial charge in [0.05, 0.1) is 12.3 Å². The maximum Gasteiger partial charge on any atom is 0.389 e. The summed E-state index contributed by atoms with van der Waals surface area (Å²) in [6.45, 7) is 3.36. The summed E-state index contributed by atoms with van der Waals surface area (Å²) in [6.07, 6.45) is -5.43. The third-order valence-electron chi connectivity index (χ3n) is 4.54. The monoisotopic (exact) mass is 482 g/mol. The summed E-state index contributed by atoms with van der Waals surface area (Å²) < 4.78 is 75.7. The Morgan fingerprint density at radius 3 is 2.41 bits per heavy atom. The Morgan fingerprint density at radius 2 is 1.88 bits per heavy atom. The highest BCUT2D eigenvalue weighted by Crippen LogP contribution is 2.41. The average Bonchev–Trinajstić information content (AvgIpc) is 2.96. The molecule has 1 aromatic heterocycles. The Kier molecular flexibility index (Phi) is 8.14. The molecule has 2 rings (SSSR count). The Balaban J connectivity index is 2.54. The van der Waals surface area contributed by atoms with Gasteiger partial charge in [0.15, 0.2) is 5.69 Å². The second-order valence-corrected chi connectivity index (χ2v) is 8.27. The van der Waals surface area contributed by atoms with Crippen molar-refractivity contribution >= 4 is 17.6 Å². The third kappa shape index (κ3) is 6.57. The molecule has 5 nitrogen and oxygen atoms in total. The van der Waals surface area contributed by atoms with Crippen molar-refractivity contribution in [2.45, 2.75) is 59.9 Å². The first-order valence-corrected chi connectivity index (χ1v) is 10.2. The maximum atomic E-state index is 13.1. The van der Waals surface area contributed by atoms with E-state index in [2.05, 4.69) is 9.84 Å². The van der Waals surface area contributed by atoms with Crippen LogP contribution < -0.4 is 4.74 Å². The van der Waals surface area contributed by atoms with Gasteiger partial charge in [-0.3, -0.25) is 4.68 Å². The molecule has 32 heavy (non-hydrogen) atoms. The molecular weight excluding hydrogens is 459 g/mol. The van der Waals surface area contributed by atoms with Gasteiger partial charge in [0.1, 0.15) is 10.8 Å². The second-order valence-electron chi connectivity index (χ2n) is 7.89. The van der Waals surface area contributed by atoms with E-state index in [-0.39, 0.29) is 47.3 Å². The Labute approximate surface area is 187 Å². The lowest BCUT2D eigenvalue weighted by Crippen LogP contribution is -2.24. The summed E-state index contributed by atoms with van der Waals surface area (Å²) >= 11 is 6.35. The van der Waals surface area contributed by atoms with Crippen LogP contribution in [-0.2, 0) is 17.7 Å². The molecule has 178 valence electrons. The molecule has 0 aliphatic heterocycles. The van der Waals surface area contributed by atoms with E-state index in [9.17, 15) is 26.7 Å². The van der Waals surface area contributed by atoms with Crippen LogP contribution in [0.25, 0.3) is 11.3 Å². The zero-order chi connectivity index (χ0) is 24.3. The van der Waals surface area contributed by atoms with E-state index >= 15 is 0 Å². The van der Waals surface area contributed by atoms with Crippen molar-refractivity contribution < 1.29 is 36.2 Å². The zero-order valence-corrected chi connectivity index (χ0v) is 18.8. The highest BCUT2D eigenvalue weighted by atomic mass is 35.5. The van der Waals surface area contributed by atoms with Crippen LogP contribution in [0.1, 0.15) is 50.2 Å². The van der Waals surface area contributed by atoms with Crippen molar-refractivity contribution in [1.29, 1.82) is 0 Å². The SMILES string of the molecule is CCOC(=O)c1nn(CC)c(-c2ccc(CC(C)(C)CC(F)(F)F)cc2OC(F)F)c1Cl. The van der Waals surface area contributed by atoms with Crippen LogP contribution in [0.2, 0.25) is 5.02 Å². The summed E-state index contributed by atoms with van der Waals surface area (Å²) in [5.41, 5.74) is -0.680. The number of rotatable bonds is 9. The smallest absolute Gasteiger partial charge is 0.389 e. The van der Waals surface area contributed by atoms with Crippen molar-refractivity contribution in [1.82, 2.24) is 9.78 Å². The summed E-state index contributed by atoms with van der Waals surface area (Å²) in [5, 5.41) is 4.01. The fourth-order valence-corrected chi connectivity index (χ4v) is 3.79. The normalized spacial score (nSPS) is 12.3. The number of benzene rings is 1. The molecule has 0 amide bonds. The maximum absolute atomic E-state index is 13.1. The van der Waals surface area contributed by atoms with Crippen LogP contribution in [-0.4, -0.2) is 35.1 Å². The molecule has 0 aliphatic carbocycles. The van der Waals surface area contributed by atoms with Gasteiger partial charge >= 0.3 is 18.8 Å². The topological polar surface area (TPSA) is 53.3 Å². The average molecular weight is 483 g/mol.